The van der Waals surface area contributed by atoms with E-state index < -0.39 is 10.0 Å². The molecule has 150 valence electrons. The quantitative estimate of drug-likeness (QED) is 0.769. The van der Waals surface area contributed by atoms with Crippen molar-refractivity contribution in [3.63, 3.8) is 0 Å². The zero-order valence-corrected chi connectivity index (χ0v) is 17.1. The molecule has 0 fully saturated rings. The van der Waals surface area contributed by atoms with Crippen LogP contribution in [-0.2, 0) is 16.4 Å². The molecule has 0 atom stereocenters. The molecular weight excluding hydrogens is 404 g/mol. The largest absolute Gasteiger partial charge is 0.486 e. The minimum absolute atomic E-state index is 0.0729. The molecule has 0 radical (unpaired) electrons. The van der Waals surface area contributed by atoms with E-state index in [1.54, 1.807) is 18.2 Å². The number of rotatable bonds is 6. The van der Waals surface area contributed by atoms with Crippen LogP contribution in [0.4, 0.5) is 0 Å². The predicted octanol–water partition coefficient (Wildman–Crippen LogP) is 2.33. The number of carbonyl (C=O) groups excluding carboxylic acids is 1. The highest BCUT2D eigenvalue weighted by molar-refractivity contribution is 7.89. The third-order valence-corrected chi connectivity index (χ3v) is 6.32. The van der Waals surface area contributed by atoms with E-state index in [9.17, 15) is 13.2 Å². The van der Waals surface area contributed by atoms with Gasteiger partial charge in [0.05, 0.1) is 9.92 Å². The van der Waals surface area contributed by atoms with Gasteiger partial charge in [0.25, 0.3) is 5.91 Å². The molecule has 0 unspecified atom stereocenters. The molecule has 0 aliphatic carbocycles. The summed E-state index contributed by atoms with van der Waals surface area (Å²) < 4.78 is 36.6. The number of halogens is 1. The first-order valence-electron chi connectivity index (χ1n) is 8.68. The molecular formula is C19H21ClN2O5S. The van der Waals surface area contributed by atoms with Crippen LogP contribution >= 0.6 is 11.6 Å². The summed E-state index contributed by atoms with van der Waals surface area (Å²) in [6.07, 6.45) is 0.539. The van der Waals surface area contributed by atoms with Gasteiger partial charge in [-0.3, -0.25) is 4.79 Å². The molecule has 7 nitrogen and oxygen atoms in total. The maximum atomic E-state index is 12.4. The predicted molar refractivity (Wildman–Crippen MR) is 106 cm³/mol. The van der Waals surface area contributed by atoms with Crippen molar-refractivity contribution in [1.82, 2.24) is 9.62 Å². The molecule has 0 spiro atoms. The van der Waals surface area contributed by atoms with Crippen LogP contribution in [0.3, 0.4) is 0 Å². The summed E-state index contributed by atoms with van der Waals surface area (Å²) in [6, 6.07) is 9.58. The summed E-state index contributed by atoms with van der Waals surface area (Å²) >= 11 is 6.22. The highest BCUT2D eigenvalue weighted by Gasteiger charge is 2.19. The van der Waals surface area contributed by atoms with Gasteiger partial charge in [-0.1, -0.05) is 17.7 Å². The molecule has 0 saturated heterocycles. The second-order valence-electron chi connectivity index (χ2n) is 6.42. The fourth-order valence-electron chi connectivity index (χ4n) is 2.74. The van der Waals surface area contributed by atoms with Gasteiger partial charge in [0.15, 0.2) is 11.5 Å². The summed E-state index contributed by atoms with van der Waals surface area (Å²) in [4.78, 5) is 12.5. The molecule has 1 N–H and O–H groups in total. The summed E-state index contributed by atoms with van der Waals surface area (Å²) in [6.45, 7) is 1.29. The van der Waals surface area contributed by atoms with Gasteiger partial charge in [-0.05, 0) is 42.3 Å². The lowest BCUT2D eigenvalue weighted by Crippen LogP contribution is -2.27. The van der Waals surface area contributed by atoms with Gasteiger partial charge in [-0.2, -0.15) is 0 Å². The van der Waals surface area contributed by atoms with Gasteiger partial charge >= 0.3 is 0 Å². The molecule has 9 heteroatoms. The lowest BCUT2D eigenvalue weighted by Gasteiger charge is -2.20. The molecule has 2 aromatic rings. The number of carbonyl (C=O) groups is 1. The number of fused-ring (bicyclic) bond motifs is 1. The van der Waals surface area contributed by atoms with E-state index in [0.717, 1.165) is 9.87 Å². The molecule has 1 heterocycles. The fourth-order valence-corrected chi connectivity index (χ4v) is 3.98. The topological polar surface area (TPSA) is 84.9 Å². The monoisotopic (exact) mass is 424 g/mol. The zero-order valence-electron chi connectivity index (χ0n) is 15.6. The molecule has 1 amide bonds. The molecule has 0 aromatic heterocycles. The summed E-state index contributed by atoms with van der Waals surface area (Å²) in [5, 5.41) is 3.26. The number of sulfonamides is 1. The van der Waals surface area contributed by atoms with Crippen LogP contribution in [0, 0.1) is 0 Å². The Hall–Kier alpha value is -2.29. The third kappa shape index (κ3) is 4.40. The number of ether oxygens (including phenoxy) is 2. The summed E-state index contributed by atoms with van der Waals surface area (Å²) in [5.74, 6) is 0.792. The molecule has 2 aromatic carbocycles. The van der Waals surface area contributed by atoms with Crippen molar-refractivity contribution < 1.29 is 22.7 Å². The van der Waals surface area contributed by atoms with Gasteiger partial charge in [0.1, 0.15) is 13.2 Å². The van der Waals surface area contributed by atoms with Crippen molar-refractivity contribution in [3.05, 3.63) is 52.5 Å². The smallest absolute Gasteiger partial charge is 0.251 e. The van der Waals surface area contributed by atoms with Crippen LogP contribution in [0.25, 0.3) is 0 Å². The number of nitrogens with zero attached hydrogens (tertiary/aromatic N) is 1. The van der Waals surface area contributed by atoms with Crippen molar-refractivity contribution in [1.29, 1.82) is 0 Å². The van der Waals surface area contributed by atoms with Crippen molar-refractivity contribution in [2.75, 3.05) is 33.9 Å². The number of hydrogen-bond donors (Lipinski definition) is 1. The van der Waals surface area contributed by atoms with E-state index in [-0.39, 0.29) is 16.4 Å². The van der Waals surface area contributed by atoms with E-state index in [1.165, 1.54) is 26.2 Å². The first-order chi connectivity index (χ1) is 13.3. The Morgan fingerprint density at radius 1 is 1.18 bits per heavy atom. The Bertz CT molecular complexity index is 992. The summed E-state index contributed by atoms with van der Waals surface area (Å²) in [5.41, 5.74) is 1.18. The van der Waals surface area contributed by atoms with E-state index >= 15 is 0 Å². The van der Waals surface area contributed by atoms with Crippen LogP contribution in [0.1, 0.15) is 15.9 Å². The first kappa shape index (κ1) is 20.4. The minimum Gasteiger partial charge on any atom is -0.486 e. The lowest BCUT2D eigenvalue weighted by atomic mass is 10.1. The van der Waals surface area contributed by atoms with Gasteiger partial charge in [-0.15, -0.1) is 0 Å². The van der Waals surface area contributed by atoms with E-state index in [1.807, 2.05) is 6.07 Å². The van der Waals surface area contributed by atoms with Crippen molar-refractivity contribution in [2.24, 2.45) is 0 Å². The van der Waals surface area contributed by atoms with Crippen LogP contribution in [0.15, 0.2) is 41.3 Å². The Kier molecular flexibility index (Phi) is 6.12. The van der Waals surface area contributed by atoms with Gasteiger partial charge in [0.2, 0.25) is 10.0 Å². The third-order valence-electron chi connectivity index (χ3n) is 4.23. The Morgan fingerprint density at radius 2 is 1.93 bits per heavy atom. The van der Waals surface area contributed by atoms with E-state index in [0.29, 0.717) is 42.7 Å². The number of hydrogen-bond acceptors (Lipinski definition) is 5. The molecule has 3 rings (SSSR count). The molecule has 28 heavy (non-hydrogen) atoms. The van der Waals surface area contributed by atoms with Gasteiger partial charge in [-0.25, -0.2) is 12.7 Å². The van der Waals surface area contributed by atoms with Crippen molar-refractivity contribution in [2.45, 2.75) is 11.3 Å². The molecule has 1 aliphatic rings. The van der Waals surface area contributed by atoms with Crippen LogP contribution in [-0.4, -0.2) is 52.5 Å². The summed E-state index contributed by atoms with van der Waals surface area (Å²) in [7, 11) is -0.707. The molecule has 0 bridgehead atoms. The lowest BCUT2D eigenvalue weighted by molar-refractivity contribution is 0.0954. The maximum Gasteiger partial charge on any atom is 0.251 e. The first-order valence-corrected chi connectivity index (χ1v) is 10.5. The molecule has 0 saturated carbocycles. The zero-order chi connectivity index (χ0) is 20.3. The number of benzene rings is 2. The fraction of sp³-hybridized carbons (Fsp3) is 0.316. The second kappa shape index (κ2) is 8.38. The highest BCUT2D eigenvalue weighted by atomic mass is 35.5. The minimum atomic E-state index is -3.60. The van der Waals surface area contributed by atoms with Crippen LogP contribution in [0.5, 0.6) is 11.5 Å². The standard InChI is InChI=1S/C19H21ClN2O5S/c1-22(2)28(24,25)15-5-3-4-14(12-15)19(23)21-7-6-13-10-16(20)18-17(11-13)26-8-9-27-18/h3-5,10-12H,6-9H2,1-2H3,(H,21,23). The SMILES string of the molecule is CN(C)S(=O)(=O)c1cccc(C(=O)NCCc2cc(Cl)c3c(c2)OCCO3)c1. The van der Waals surface area contributed by atoms with Crippen molar-refractivity contribution in [3.8, 4) is 11.5 Å². The maximum absolute atomic E-state index is 12.4. The average molecular weight is 425 g/mol. The van der Waals surface area contributed by atoms with Crippen LogP contribution in [0.2, 0.25) is 5.02 Å². The van der Waals surface area contributed by atoms with Crippen LogP contribution < -0.4 is 14.8 Å². The Balaban J connectivity index is 1.65. The number of amides is 1. The normalized spacial score (nSPS) is 13.4. The Morgan fingerprint density at radius 3 is 2.68 bits per heavy atom. The van der Waals surface area contributed by atoms with Gasteiger partial charge < -0.3 is 14.8 Å². The highest BCUT2D eigenvalue weighted by Crippen LogP contribution is 2.38. The second-order valence-corrected chi connectivity index (χ2v) is 8.98. The van der Waals surface area contributed by atoms with E-state index in [4.69, 9.17) is 21.1 Å². The van der Waals surface area contributed by atoms with E-state index in [2.05, 4.69) is 5.32 Å². The average Bonchev–Trinajstić information content (AvgIpc) is 2.68. The Labute approximate surface area is 169 Å². The number of nitrogens with one attached hydrogen (secondary N) is 1. The van der Waals surface area contributed by atoms with Crippen molar-refractivity contribution >= 4 is 27.5 Å². The van der Waals surface area contributed by atoms with Gasteiger partial charge in [0, 0.05) is 26.2 Å². The molecule has 1 aliphatic heterocycles.